The number of nitrogens with two attached hydrogens (primary N) is 1. The second kappa shape index (κ2) is 9.27. The van der Waals surface area contributed by atoms with Crippen molar-refractivity contribution in [2.45, 2.75) is 39.3 Å². The van der Waals surface area contributed by atoms with Crippen LogP contribution in [-0.4, -0.2) is 43.5 Å². The van der Waals surface area contributed by atoms with Gasteiger partial charge in [0, 0.05) is 31.6 Å². The monoisotopic (exact) mass is 335 g/mol. The lowest BCUT2D eigenvalue weighted by Gasteiger charge is -2.24. The molecule has 6 nitrogen and oxygen atoms in total. The van der Waals surface area contributed by atoms with Gasteiger partial charge < -0.3 is 20.7 Å². The highest BCUT2D eigenvalue weighted by Crippen LogP contribution is 2.27. The number of rotatable bonds is 8. The highest BCUT2D eigenvalue weighted by molar-refractivity contribution is 5.79. The van der Waals surface area contributed by atoms with E-state index in [2.05, 4.69) is 5.32 Å². The first kappa shape index (κ1) is 20.0. The van der Waals surface area contributed by atoms with Crippen molar-refractivity contribution in [2.24, 2.45) is 11.7 Å². The molecule has 3 unspecified atom stereocenters. The molecule has 24 heavy (non-hydrogen) atoms. The van der Waals surface area contributed by atoms with E-state index in [1.165, 1.54) is 4.90 Å². The maximum atomic E-state index is 12.3. The van der Waals surface area contributed by atoms with Crippen LogP contribution >= 0.6 is 0 Å². The SMILES string of the molecule is CCC(NC(=O)C(C)C(C)N)c1ccccc1OCC(=O)N(C)C. The summed E-state index contributed by atoms with van der Waals surface area (Å²) in [6.45, 7) is 5.58. The van der Waals surface area contributed by atoms with Crippen LogP contribution in [0, 0.1) is 5.92 Å². The molecule has 3 atom stereocenters. The summed E-state index contributed by atoms with van der Waals surface area (Å²) in [4.78, 5) is 25.5. The molecule has 134 valence electrons. The van der Waals surface area contributed by atoms with Crippen LogP contribution in [0.2, 0.25) is 0 Å². The Bertz CT molecular complexity index is 558. The zero-order valence-corrected chi connectivity index (χ0v) is 15.2. The highest BCUT2D eigenvalue weighted by atomic mass is 16.5. The Labute approximate surface area is 144 Å². The normalized spacial score (nSPS) is 14.4. The van der Waals surface area contributed by atoms with E-state index >= 15 is 0 Å². The Balaban J connectivity index is 2.89. The predicted molar refractivity (Wildman–Crippen MR) is 94.6 cm³/mol. The fraction of sp³-hybridized carbons (Fsp3) is 0.556. The van der Waals surface area contributed by atoms with Crippen LogP contribution in [0.5, 0.6) is 5.75 Å². The number of hydrogen-bond acceptors (Lipinski definition) is 4. The number of carbonyl (C=O) groups excluding carboxylic acids is 2. The third-order valence-corrected chi connectivity index (χ3v) is 4.07. The fourth-order valence-electron chi connectivity index (χ4n) is 2.11. The molecule has 1 aromatic rings. The zero-order chi connectivity index (χ0) is 18.3. The van der Waals surface area contributed by atoms with Crippen LogP contribution in [0.25, 0.3) is 0 Å². The third kappa shape index (κ3) is 5.53. The fourth-order valence-corrected chi connectivity index (χ4v) is 2.11. The number of likely N-dealkylation sites (N-methyl/N-ethyl adjacent to an activating group) is 1. The topological polar surface area (TPSA) is 84.7 Å². The highest BCUT2D eigenvalue weighted by Gasteiger charge is 2.22. The lowest BCUT2D eigenvalue weighted by atomic mass is 9.99. The molecule has 0 aliphatic carbocycles. The average Bonchev–Trinajstić information content (AvgIpc) is 2.56. The number of benzene rings is 1. The molecule has 1 rings (SSSR count). The van der Waals surface area contributed by atoms with E-state index < -0.39 is 0 Å². The van der Waals surface area contributed by atoms with Gasteiger partial charge in [-0.15, -0.1) is 0 Å². The zero-order valence-electron chi connectivity index (χ0n) is 15.2. The van der Waals surface area contributed by atoms with Crippen LogP contribution in [-0.2, 0) is 9.59 Å². The van der Waals surface area contributed by atoms with Crippen molar-refractivity contribution in [3.63, 3.8) is 0 Å². The van der Waals surface area contributed by atoms with Gasteiger partial charge in [0.2, 0.25) is 5.91 Å². The summed E-state index contributed by atoms with van der Waals surface area (Å²) >= 11 is 0. The van der Waals surface area contributed by atoms with E-state index in [9.17, 15) is 9.59 Å². The molecule has 0 spiro atoms. The Kier molecular flexibility index (Phi) is 7.71. The van der Waals surface area contributed by atoms with Crippen molar-refractivity contribution in [2.75, 3.05) is 20.7 Å². The average molecular weight is 335 g/mol. The summed E-state index contributed by atoms with van der Waals surface area (Å²) in [5, 5.41) is 3.02. The molecular weight excluding hydrogens is 306 g/mol. The first-order valence-electron chi connectivity index (χ1n) is 8.25. The van der Waals surface area contributed by atoms with Gasteiger partial charge in [-0.05, 0) is 19.4 Å². The van der Waals surface area contributed by atoms with Gasteiger partial charge in [0.1, 0.15) is 5.75 Å². The largest absolute Gasteiger partial charge is 0.483 e. The smallest absolute Gasteiger partial charge is 0.259 e. The van der Waals surface area contributed by atoms with Crippen molar-refractivity contribution in [1.82, 2.24) is 10.2 Å². The first-order valence-corrected chi connectivity index (χ1v) is 8.25. The number of para-hydroxylation sites is 1. The number of amides is 2. The molecular formula is C18H29N3O3. The summed E-state index contributed by atoms with van der Waals surface area (Å²) in [6.07, 6.45) is 0.708. The molecule has 0 bridgehead atoms. The number of nitrogens with zero attached hydrogens (tertiary/aromatic N) is 1. The van der Waals surface area contributed by atoms with Gasteiger partial charge in [0.15, 0.2) is 6.61 Å². The van der Waals surface area contributed by atoms with Crippen molar-refractivity contribution in [1.29, 1.82) is 0 Å². The minimum atomic E-state index is -0.276. The van der Waals surface area contributed by atoms with Crippen molar-refractivity contribution in [3.05, 3.63) is 29.8 Å². The van der Waals surface area contributed by atoms with E-state index in [0.29, 0.717) is 12.2 Å². The predicted octanol–water partition coefficient (Wildman–Crippen LogP) is 1.70. The summed E-state index contributed by atoms with van der Waals surface area (Å²) < 4.78 is 5.67. The van der Waals surface area contributed by atoms with E-state index in [1.54, 1.807) is 14.1 Å². The Hall–Kier alpha value is -2.08. The van der Waals surface area contributed by atoms with Crippen LogP contribution in [0.3, 0.4) is 0 Å². The van der Waals surface area contributed by atoms with Crippen molar-refractivity contribution < 1.29 is 14.3 Å². The standard InChI is InChI=1S/C18H29N3O3/c1-6-15(20-18(23)12(2)13(3)19)14-9-7-8-10-16(14)24-11-17(22)21(4)5/h7-10,12-13,15H,6,11,19H2,1-5H3,(H,20,23). The first-order chi connectivity index (χ1) is 11.3. The summed E-state index contributed by atoms with van der Waals surface area (Å²) in [5.41, 5.74) is 6.66. The van der Waals surface area contributed by atoms with Gasteiger partial charge in [0.05, 0.1) is 6.04 Å². The third-order valence-electron chi connectivity index (χ3n) is 4.07. The van der Waals surface area contributed by atoms with Gasteiger partial charge in [-0.25, -0.2) is 0 Å². The van der Waals surface area contributed by atoms with Gasteiger partial charge in [-0.2, -0.15) is 0 Å². The quantitative estimate of drug-likeness (QED) is 0.757. The number of carbonyl (C=O) groups is 2. The molecule has 0 radical (unpaired) electrons. The van der Waals surface area contributed by atoms with Gasteiger partial charge >= 0.3 is 0 Å². The lowest BCUT2D eigenvalue weighted by molar-refractivity contribution is -0.131. The molecule has 0 aliphatic rings. The van der Waals surface area contributed by atoms with Crippen LogP contribution in [0.4, 0.5) is 0 Å². The molecule has 0 fully saturated rings. The second-order valence-electron chi connectivity index (χ2n) is 6.23. The number of ether oxygens (including phenoxy) is 1. The van der Waals surface area contributed by atoms with E-state index in [1.807, 2.05) is 45.0 Å². The molecule has 0 saturated heterocycles. The molecule has 1 aromatic carbocycles. The molecule has 0 saturated carbocycles. The van der Waals surface area contributed by atoms with E-state index in [4.69, 9.17) is 10.5 Å². The minimum absolute atomic E-state index is 0.0371. The summed E-state index contributed by atoms with van der Waals surface area (Å²) in [6, 6.07) is 7.04. The maximum Gasteiger partial charge on any atom is 0.259 e. The minimum Gasteiger partial charge on any atom is -0.483 e. The van der Waals surface area contributed by atoms with E-state index in [0.717, 1.165) is 5.56 Å². The summed E-state index contributed by atoms with van der Waals surface area (Å²) in [5.74, 6) is 0.124. The molecule has 0 heterocycles. The Morgan fingerprint density at radius 3 is 2.42 bits per heavy atom. The summed E-state index contributed by atoms with van der Waals surface area (Å²) in [7, 11) is 3.37. The van der Waals surface area contributed by atoms with Crippen LogP contribution in [0.1, 0.15) is 38.8 Å². The van der Waals surface area contributed by atoms with Crippen molar-refractivity contribution >= 4 is 11.8 Å². The maximum absolute atomic E-state index is 12.3. The molecule has 2 amide bonds. The molecule has 0 aliphatic heterocycles. The van der Waals surface area contributed by atoms with Gasteiger partial charge in [-0.3, -0.25) is 9.59 Å². The lowest BCUT2D eigenvalue weighted by Crippen LogP contribution is -2.40. The second-order valence-corrected chi connectivity index (χ2v) is 6.23. The van der Waals surface area contributed by atoms with E-state index in [-0.39, 0.29) is 36.4 Å². The van der Waals surface area contributed by atoms with Crippen LogP contribution < -0.4 is 15.8 Å². The number of nitrogens with one attached hydrogen (secondary N) is 1. The Morgan fingerprint density at radius 1 is 1.25 bits per heavy atom. The molecule has 3 N–H and O–H groups in total. The molecule has 0 aromatic heterocycles. The Morgan fingerprint density at radius 2 is 1.88 bits per heavy atom. The number of hydrogen-bond donors (Lipinski definition) is 2. The molecule has 6 heteroatoms. The van der Waals surface area contributed by atoms with Gasteiger partial charge in [0.25, 0.3) is 5.91 Å². The van der Waals surface area contributed by atoms with Crippen LogP contribution in [0.15, 0.2) is 24.3 Å². The van der Waals surface area contributed by atoms with Crippen molar-refractivity contribution in [3.8, 4) is 5.75 Å². The van der Waals surface area contributed by atoms with Gasteiger partial charge in [-0.1, -0.05) is 32.0 Å².